The van der Waals surface area contributed by atoms with Crippen molar-refractivity contribution in [2.75, 3.05) is 80.1 Å². The highest BCUT2D eigenvalue weighted by Crippen LogP contribution is 2.46. The van der Waals surface area contributed by atoms with E-state index in [1.807, 2.05) is 17.0 Å². The smallest absolute Gasteiger partial charge is 0.262 e. The molecule has 2 atom stereocenters. The van der Waals surface area contributed by atoms with E-state index in [2.05, 4.69) is 31.8 Å². The summed E-state index contributed by atoms with van der Waals surface area (Å²) in [5.41, 5.74) is 2.68. The lowest BCUT2D eigenvalue weighted by atomic mass is 9.76. The zero-order chi connectivity index (χ0) is 43.4. The second-order valence-corrected chi connectivity index (χ2v) is 18.3. The average molecular weight is 867 g/mol. The van der Waals surface area contributed by atoms with E-state index < -0.39 is 35.5 Å². The molecule has 0 aliphatic carbocycles. The Balaban J connectivity index is 0.738. The van der Waals surface area contributed by atoms with Gasteiger partial charge in [0.15, 0.2) is 0 Å². The van der Waals surface area contributed by atoms with Crippen molar-refractivity contribution in [1.29, 1.82) is 0 Å². The monoisotopic (exact) mass is 866 g/mol. The third-order valence-electron chi connectivity index (χ3n) is 14.1. The van der Waals surface area contributed by atoms with Crippen LogP contribution in [0.15, 0.2) is 48.5 Å². The average Bonchev–Trinajstić information content (AvgIpc) is 3.71. The first-order chi connectivity index (χ1) is 29.8. The number of carbonyl (C=O) groups is 5. The Labute approximate surface area is 364 Å². The lowest BCUT2D eigenvalue weighted by Gasteiger charge is -2.40. The molecule has 3 aromatic carbocycles. The Morgan fingerprint density at radius 3 is 2.18 bits per heavy atom. The Morgan fingerprint density at radius 2 is 1.52 bits per heavy atom. The van der Waals surface area contributed by atoms with Crippen molar-refractivity contribution < 1.29 is 32.8 Å². The molecule has 5 saturated heterocycles. The maximum absolute atomic E-state index is 15.7. The van der Waals surface area contributed by atoms with Gasteiger partial charge in [-0.15, -0.1) is 0 Å². The van der Waals surface area contributed by atoms with Crippen molar-refractivity contribution in [2.24, 2.45) is 11.3 Å². The fourth-order valence-corrected chi connectivity index (χ4v) is 10.9. The van der Waals surface area contributed by atoms with Gasteiger partial charge in [-0.25, -0.2) is 13.6 Å². The van der Waals surface area contributed by atoms with Crippen LogP contribution in [0.4, 0.5) is 31.5 Å². The molecule has 6 heterocycles. The molecule has 5 amide bonds. The van der Waals surface area contributed by atoms with Gasteiger partial charge in [-0.05, 0) is 99.2 Å². The van der Waals surface area contributed by atoms with E-state index in [0.29, 0.717) is 73.2 Å². The zero-order valence-corrected chi connectivity index (χ0v) is 35.4. The lowest BCUT2D eigenvalue weighted by Crippen LogP contribution is -2.54. The van der Waals surface area contributed by atoms with Crippen molar-refractivity contribution in [1.82, 2.24) is 20.0 Å². The van der Waals surface area contributed by atoms with Crippen molar-refractivity contribution in [3.63, 3.8) is 0 Å². The summed E-state index contributed by atoms with van der Waals surface area (Å²) in [5.74, 6) is -3.40. The summed E-state index contributed by atoms with van der Waals surface area (Å²) < 4.78 is 31.2. The Bertz CT molecular complexity index is 2380. The molecule has 62 heavy (non-hydrogen) atoms. The van der Waals surface area contributed by atoms with Crippen LogP contribution >= 0.6 is 11.6 Å². The van der Waals surface area contributed by atoms with Crippen molar-refractivity contribution in [3.05, 3.63) is 93.3 Å². The van der Waals surface area contributed by atoms with Gasteiger partial charge in [0.25, 0.3) is 17.7 Å². The summed E-state index contributed by atoms with van der Waals surface area (Å²) in [4.78, 5) is 78.9. The van der Waals surface area contributed by atoms with Crippen LogP contribution in [0.1, 0.15) is 82.9 Å². The number of carbonyl (C=O) groups excluding carboxylic acids is 5. The van der Waals surface area contributed by atoms with Crippen LogP contribution in [0, 0.1) is 29.5 Å². The molecule has 6 aliphatic rings. The molecule has 324 valence electrons. The SMILES string of the molecule is [C-]#[N+]c1ccc(N2CC3(CCN(c4ccc(C(=O)N5CCN(CC6CCN(c7cc8c(cc7F)C(=O)N(C7CCC(=O)NC7=O)C8=O)CC6)CC5)cc4F)CC3)C[C@@H]2C)cc1Cl. The predicted molar refractivity (Wildman–Crippen MR) is 230 cm³/mol. The number of nitrogens with one attached hydrogen (secondary N) is 1. The number of halogens is 3. The van der Waals surface area contributed by atoms with Crippen molar-refractivity contribution in [2.45, 2.75) is 64.0 Å². The molecule has 1 N–H and O–H groups in total. The standard InChI is InChI=1S/C46H49ClF2N8O5/c1-28-25-46(27-56(28)31-4-5-37(50-2)34(47)22-31)11-15-54(16-12-46)38-6-3-30(21-35(38)48)43(60)55-19-17-52(18-20-55)26-29-9-13-53(14-10-29)40-24-33-32(23-36(40)49)44(61)57(45(33)62)39-7-8-41(58)51-42(39)59/h3-6,21-24,28-29,39H,7-20,25-27H2,1H3,(H,51,58,59)/t28-,39?/m0/s1. The first-order valence-corrected chi connectivity index (χ1v) is 22.0. The summed E-state index contributed by atoms with van der Waals surface area (Å²) >= 11 is 6.36. The van der Waals surface area contributed by atoms with Crippen molar-refractivity contribution >= 4 is 63.9 Å². The van der Waals surface area contributed by atoms with Crippen molar-refractivity contribution in [3.8, 4) is 0 Å². The summed E-state index contributed by atoms with van der Waals surface area (Å²) in [6, 6.07) is 12.2. The number of anilines is 3. The number of hydrogen-bond donors (Lipinski definition) is 1. The number of amides is 5. The number of piperazine rings is 1. The highest BCUT2D eigenvalue weighted by molar-refractivity contribution is 6.33. The molecule has 3 aromatic rings. The van der Waals surface area contributed by atoms with Gasteiger partial charge >= 0.3 is 0 Å². The van der Waals surface area contributed by atoms with E-state index in [-0.39, 0.29) is 46.8 Å². The summed E-state index contributed by atoms with van der Waals surface area (Å²) in [5, 5.41) is 2.64. The normalized spacial score (nSPS) is 23.3. The predicted octanol–water partition coefficient (Wildman–Crippen LogP) is 6.13. The third kappa shape index (κ3) is 7.76. The van der Waals surface area contributed by atoms with Crippen LogP contribution < -0.4 is 20.0 Å². The van der Waals surface area contributed by atoms with Crippen LogP contribution in [0.25, 0.3) is 4.85 Å². The number of benzene rings is 3. The summed E-state index contributed by atoms with van der Waals surface area (Å²) in [7, 11) is 0. The quantitative estimate of drug-likeness (QED) is 0.221. The maximum Gasteiger partial charge on any atom is 0.262 e. The molecule has 0 bridgehead atoms. The summed E-state index contributed by atoms with van der Waals surface area (Å²) in [6.45, 7) is 16.3. The molecule has 5 fully saturated rings. The molecule has 0 saturated carbocycles. The first kappa shape index (κ1) is 41.7. The Morgan fingerprint density at radius 1 is 0.839 bits per heavy atom. The van der Waals surface area contributed by atoms with Gasteiger partial charge in [-0.1, -0.05) is 17.7 Å². The number of hydrogen-bond acceptors (Lipinski definition) is 9. The van der Waals surface area contributed by atoms with Gasteiger partial charge < -0.3 is 19.6 Å². The second kappa shape index (κ2) is 16.6. The van der Waals surface area contributed by atoms with Crippen LogP contribution in [0.2, 0.25) is 5.02 Å². The minimum atomic E-state index is -1.11. The summed E-state index contributed by atoms with van der Waals surface area (Å²) in [6.07, 6.45) is 4.51. The first-order valence-electron chi connectivity index (χ1n) is 21.6. The molecule has 16 heteroatoms. The van der Waals surface area contributed by atoms with Gasteiger partial charge in [0.1, 0.15) is 17.7 Å². The van der Waals surface area contributed by atoms with E-state index >= 15 is 8.78 Å². The number of imide groups is 2. The molecule has 1 spiro atoms. The molecule has 9 rings (SSSR count). The number of nitrogens with zero attached hydrogens (tertiary/aromatic N) is 7. The van der Waals surface area contributed by atoms with E-state index in [0.717, 1.165) is 74.9 Å². The second-order valence-electron chi connectivity index (χ2n) is 17.9. The maximum atomic E-state index is 15.7. The molecular formula is C46H49ClF2N8O5. The van der Waals surface area contributed by atoms with E-state index in [1.165, 1.54) is 12.1 Å². The zero-order valence-electron chi connectivity index (χ0n) is 34.7. The lowest BCUT2D eigenvalue weighted by molar-refractivity contribution is -0.136. The molecule has 0 radical (unpaired) electrons. The number of fused-ring (bicyclic) bond motifs is 1. The molecule has 0 aromatic heterocycles. The topological polar surface area (TPSA) is 121 Å². The van der Waals surface area contributed by atoms with Gasteiger partial charge in [0.2, 0.25) is 17.5 Å². The third-order valence-corrected chi connectivity index (χ3v) is 14.5. The number of rotatable bonds is 7. The van der Waals surface area contributed by atoms with Crippen LogP contribution in [-0.4, -0.2) is 122 Å². The fourth-order valence-electron chi connectivity index (χ4n) is 10.7. The Kier molecular flexibility index (Phi) is 11.2. The van der Waals surface area contributed by atoms with Crippen LogP contribution in [0.3, 0.4) is 0 Å². The molecule has 1 unspecified atom stereocenters. The largest absolute Gasteiger partial charge is 0.369 e. The highest BCUT2D eigenvalue weighted by Gasteiger charge is 2.46. The van der Waals surface area contributed by atoms with E-state index in [9.17, 15) is 24.0 Å². The van der Waals surface area contributed by atoms with Gasteiger partial charge in [-0.2, -0.15) is 0 Å². The molecular weight excluding hydrogens is 818 g/mol. The van der Waals surface area contributed by atoms with Crippen LogP contribution in [-0.2, 0) is 9.59 Å². The van der Waals surface area contributed by atoms with E-state index in [4.69, 9.17) is 18.2 Å². The molecule has 13 nitrogen and oxygen atoms in total. The molecule has 6 aliphatic heterocycles. The van der Waals surface area contributed by atoms with E-state index in [1.54, 1.807) is 23.1 Å². The minimum Gasteiger partial charge on any atom is -0.369 e. The number of piperidine rings is 3. The van der Waals surface area contributed by atoms with Crippen LogP contribution in [0.5, 0.6) is 0 Å². The van der Waals surface area contributed by atoms with Gasteiger partial charge in [-0.3, -0.25) is 39.1 Å². The fraction of sp³-hybridized carbons (Fsp3) is 0.478. The minimum absolute atomic E-state index is 0.00494. The van der Waals surface area contributed by atoms with Gasteiger partial charge in [0.05, 0.1) is 29.1 Å². The van der Waals surface area contributed by atoms with Gasteiger partial charge in [0, 0.05) is 94.2 Å². The Hall–Kier alpha value is -5.59. The highest BCUT2D eigenvalue weighted by atomic mass is 35.5.